The lowest BCUT2D eigenvalue weighted by Gasteiger charge is -2.27. The van der Waals surface area contributed by atoms with Gasteiger partial charge in [0.1, 0.15) is 0 Å². The van der Waals surface area contributed by atoms with Gasteiger partial charge in [0.15, 0.2) is 0 Å². The summed E-state index contributed by atoms with van der Waals surface area (Å²) in [5, 5.41) is 3.21. The number of carbonyl (C=O) groups is 2. The fourth-order valence-electron chi connectivity index (χ4n) is 3.97. The zero-order chi connectivity index (χ0) is 18.8. The van der Waals surface area contributed by atoms with Crippen LogP contribution < -0.4 is 5.32 Å². The topological polar surface area (TPSA) is 49.4 Å². The van der Waals surface area contributed by atoms with Crippen LogP contribution in [0.2, 0.25) is 0 Å². The SMILES string of the molecule is C[C@H](c1ccccc1)N1C[C@@H](C(=O)N[C@H]2CCSc3ccccc32)CC1=O. The Labute approximate surface area is 164 Å². The molecule has 1 N–H and O–H groups in total. The van der Waals surface area contributed by atoms with Crippen LogP contribution >= 0.6 is 11.8 Å². The molecule has 0 bridgehead atoms. The van der Waals surface area contributed by atoms with Crippen molar-refractivity contribution in [2.24, 2.45) is 5.92 Å². The maximum Gasteiger partial charge on any atom is 0.225 e. The highest BCUT2D eigenvalue weighted by Gasteiger charge is 2.38. The number of rotatable bonds is 4. The molecule has 0 aliphatic carbocycles. The van der Waals surface area contributed by atoms with Crippen LogP contribution in [0.25, 0.3) is 0 Å². The van der Waals surface area contributed by atoms with Crippen molar-refractivity contribution >= 4 is 23.6 Å². The van der Waals surface area contributed by atoms with Crippen molar-refractivity contribution in [3.05, 3.63) is 65.7 Å². The molecule has 2 aromatic rings. The second kappa shape index (κ2) is 7.77. The van der Waals surface area contributed by atoms with E-state index >= 15 is 0 Å². The molecule has 27 heavy (non-hydrogen) atoms. The van der Waals surface area contributed by atoms with E-state index in [1.54, 1.807) is 0 Å². The molecule has 2 heterocycles. The highest BCUT2D eigenvalue weighted by Crippen LogP contribution is 2.36. The molecule has 2 aromatic carbocycles. The molecule has 5 heteroatoms. The second-order valence-corrected chi connectivity index (χ2v) is 8.41. The molecule has 1 fully saturated rings. The van der Waals surface area contributed by atoms with Gasteiger partial charge in [-0.05, 0) is 30.5 Å². The number of carbonyl (C=O) groups excluding carboxylic acids is 2. The van der Waals surface area contributed by atoms with Crippen LogP contribution in [-0.4, -0.2) is 29.0 Å². The number of benzene rings is 2. The summed E-state index contributed by atoms with van der Waals surface area (Å²) in [6.07, 6.45) is 1.23. The number of likely N-dealkylation sites (tertiary alicyclic amines) is 1. The smallest absolute Gasteiger partial charge is 0.225 e. The summed E-state index contributed by atoms with van der Waals surface area (Å²) < 4.78 is 0. The summed E-state index contributed by atoms with van der Waals surface area (Å²) in [4.78, 5) is 28.5. The maximum atomic E-state index is 12.9. The Morgan fingerprint density at radius 2 is 1.89 bits per heavy atom. The van der Waals surface area contributed by atoms with Gasteiger partial charge in [-0.15, -0.1) is 11.8 Å². The van der Waals surface area contributed by atoms with E-state index in [-0.39, 0.29) is 29.8 Å². The van der Waals surface area contributed by atoms with E-state index in [4.69, 9.17) is 0 Å². The molecule has 2 amide bonds. The lowest BCUT2D eigenvalue weighted by Crippen LogP contribution is -2.37. The number of hydrogen-bond donors (Lipinski definition) is 1. The van der Waals surface area contributed by atoms with Crippen LogP contribution in [0.15, 0.2) is 59.5 Å². The van der Waals surface area contributed by atoms with Crippen molar-refractivity contribution in [2.75, 3.05) is 12.3 Å². The van der Waals surface area contributed by atoms with Gasteiger partial charge in [0.05, 0.1) is 18.0 Å². The molecule has 4 nitrogen and oxygen atoms in total. The Morgan fingerprint density at radius 3 is 2.70 bits per heavy atom. The minimum atomic E-state index is -0.273. The number of fused-ring (bicyclic) bond motifs is 1. The van der Waals surface area contributed by atoms with Crippen LogP contribution in [0.1, 0.15) is 43.0 Å². The first-order valence-electron chi connectivity index (χ1n) is 9.50. The molecule has 0 aromatic heterocycles. The normalized spacial score (nSPS) is 23.0. The van der Waals surface area contributed by atoms with Gasteiger partial charge in [-0.3, -0.25) is 9.59 Å². The number of hydrogen-bond acceptors (Lipinski definition) is 3. The molecule has 3 atom stereocenters. The monoisotopic (exact) mass is 380 g/mol. The van der Waals surface area contributed by atoms with Crippen LogP contribution in [0.4, 0.5) is 0 Å². The Hall–Kier alpha value is -2.27. The maximum absolute atomic E-state index is 12.9. The average molecular weight is 381 g/mol. The Balaban J connectivity index is 1.43. The van der Waals surface area contributed by atoms with Gasteiger partial charge in [0.25, 0.3) is 0 Å². The van der Waals surface area contributed by atoms with Crippen molar-refractivity contribution in [3.63, 3.8) is 0 Å². The van der Waals surface area contributed by atoms with E-state index in [0.29, 0.717) is 13.0 Å². The molecule has 0 spiro atoms. The summed E-state index contributed by atoms with van der Waals surface area (Å²) in [6, 6.07) is 18.3. The van der Waals surface area contributed by atoms with Crippen molar-refractivity contribution in [1.29, 1.82) is 0 Å². The first-order chi connectivity index (χ1) is 13.1. The third-order valence-electron chi connectivity index (χ3n) is 5.55. The molecular weight excluding hydrogens is 356 g/mol. The predicted octanol–water partition coefficient (Wildman–Crippen LogP) is 3.95. The summed E-state index contributed by atoms with van der Waals surface area (Å²) in [5.41, 5.74) is 2.30. The van der Waals surface area contributed by atoms with Crippen LogP contribution in [0.5, 0.6) is 0 Å². The molecule has 140 valence electrons. The van der Waals surface area contributed by atoms with Gasteiger partial charge in [0, 0.05) is 23.6 Å². The van der Waals surface area contributed by atoms with E-state index in [2.05, 4.69) is 17.4 Å². The first kappa shape index (κ1) is 18.1. The van der Waals surface area contributed by atoms with Gasteiger partial charge < -0.3 is 10.2 Å². The van der Waals surface area contributed by atoms with Gasteiger partial charge >= 0.3 is 0 Å². The highest BCUT2D eigenvalue weighted by atomic mass is 32.2. The number of thioether (sulfide) groups is 1. The van der Waals surface area contributed by atoms with Crippen molar-refractivity contribution in [2.45, 2.75) is 36.7 Å². The average Bonchev–Trinajstić information content (AvgIpc) is 3.10. The lowest BCUT2D eigenvalue weighted by atomic mass is 10.0. The Kier molecular flexibility index (Phi) is 5.21. The zero-order valence-electron chi connectivity index (χ0n) is 15.4. The third kappa shape index (κ3) is 3.74. The molecular formula is C22H24N2O2S. The minimum Gasteiger partial charge on any atom is -0.349 e. The fraction of sp³-hybridized carbons (Fsp3) is 0.364. The lowest BCUT2D eigenvalue weighted by molar-refractivity contribution is -0.130. The van der Waals surface area contributed by atoms with E-state index in [9.17, 15) is 9.59 Å². The highest BCUT2D eigenvalue weighted by molar-refractivity contribution is 7.99. The number of nitrogens with zero attached hydrogens (tertiary/aromatic N) is 1. The predicted molar refractivity (Wildman–Crippen MR) is 107 cm³/mol. The summed E-state index contributed by atoms with van der Waals surface area (Å²) >= 11 is 1.84. The summed E-state index contributed by atoms with van der Waals surface area (Å²) in [5.74, 6) is 0.789. The van der Waals surface area contributed by atoms with E-state index in [0.717, 1.165) is 17.7 Å². The van der Waals surface area contributed by atoms with Crippen LogP contribution in [0.3, 0.4) is 0 Å². The van der Waals surface area contributed by atoms with Gasteiger partial charge in [-0.25, -0.2) is 0 Å². The van der Waals surface area contributed by atoms with Crippen LogP contribution in [-0.2, 0) is 9.59 Å². The van der Waals surface area contributed by atoms with Gasteiger partial charge in [-0.2, -0.15) is 0 Å². The van der Waals surface area contributed by atoms with Crippen molar-refractivity contribution in [1.82, 2.24) is 10.2 Å². The van der Waals surface area contributed by atoms with E-state index < -0.39 is 0 Å². The van der Waals surface area contributed by atoms with Crippen molar-refractivity contribution < 1.29 is 9.59 Å². The van der Waals surface area contributed by atoms with Crippen LogP contribution in [0, 0.1) is 5.92 Å². The summed E-state index contributed by atoms with van der Waals surface area (Å²) in [6.45, 7) is 2.52. The zero-order valence-corrected chi connectivity index (χ0v) is 16.2. The van der Waals surface area contributed by atoms with Crippen molar-refractivity contribution in [3.8, 4) is 0 Å². The molecule has 4 rings (SSSR count). The van der Waals surface area contributed by atoms with E-state index in [1.165, 1.54) is 10.5 Å². The van der Waals surface area contributed by atoms with Gasteiger partial charge in [-0.1, -0.05) is 48.5 Å². The minimum absolute atomic E-state index is 0.00202. The Bertz CT molecular complexity index is 839. The fourth-order valence-corrected chi connectivity index (χ4v) is 5.10. The number of nitrogens with one attached hydrogen (secondary N) is 1. The molecule has 0 radical (unpaired) electrons. The van der Waals surface area contributed by atoms with E-state index in [1.807, 2.05) is 66.1 Å². The Morgan fingerprint density at radius 1 is 1.15 bits per heavy atom. The molecule has 2 aliphatic rings. The molecule has 1 saturated heterocycles. The molecule has 0 saturated carbocycles. The third-order valence-corrected chi connectivity index (χ3v) is 6.68. The standard InChI is InChI=1S/C22H24N2O2S/c1-15(16-7-3-2-4-8-16)24-14-17(13-21(24)25)22(26)23-19-11-12-27-20-10-6-5-9-18(19)20/h2-10,15,17,19H,11-14H2,1H3,(H,23,26)/t15-,17+,19+/m1/s1. The first-order valence-corrected chi connectivity index (χ1v) is 10.5. The summed E-state index contributed by atoms with van der Waals surface area (Å²) in [7, 11) is 0. The molecule has 2 aliphatic heterocycles. The quantitative estimate of drug-likeness (QED) is 0.874. The second-order valence-electron chi connectivity index (χ2n) is 7.27. The number of amides is 2. The largest absolute Gasteiger partial charge is 0.349 e. The van der Waals surface area contributed by atoms with Gasteiger partial charge in [0.2, 0.25) is 11.8 Å². The molecule has 0 unspecified atom stereocenters.